The Bertz CT molecular complexity index is 399. The summed E-state index contributed by atoms with van der Waals surface area (Å²) in [5.41, 5.74) is 2.22. The predicted molar refractivity (Wildman–Crippen MR) is 79.9 cm³/mol. The van der Waals surface area contributed by atoms with Crippen LogP contribution in [0.15, 0.2) is 18.2 Å². The highest BCUT2D eigenvalue weighted by Gasteiger charge is 2.20. The van der Waals surface area contributed by atoms with Gasteiger partial charge >= 0.3 is 0 Å². The zero-order chi connectivity index (χ0) is 13.1. The molecule has 1 fully saturated rings. The van der Waals surface area contributed by atoms with Gasteiger partial charge in [-0.15, -0.1) is 11.6 Å². The number of piperidine rings is 1. The SMILES string of the molecule is CN(C)C1CCN(c2ccc(CCl)c(Cl)c2)CC1. The summed E-state index contributed by atoms with van der Waals surface area (Å²) in [6, 6.07) is 6.90. The number of hydrogen-bond donors (Lipinski definition) is 0. The molecule has 1 aromatic rings. The molecule has 18 heavy (non-hydrogen) atoms. The number of anilines is 1. The van der Waals surface area contributed by atoms with Crippen molar-refractivity contribution < 1.29 is 0 Å². The number of hydrogen-bond acceptors (Lipinski definition) is 2. The molecule has 2 nitrogen and oxygen atoms in total. The lowest BCUT2D eigenvalue weighted by atomic mass is 10.0. The van der Waals surface area contributed by atoms with E-state index in [1.165, 1.54) is 18.5 Å². The largest absolute Gasteiger partial charge is 0.371 e. The van der Waals surface area contributed by atoms with E-state index in [1.54, 1.807) is 0 Å². The number of rotatable bonds is 3. The molecule has 0 aromatic heterocycles. The van der Waals surface area contributed by atoms with E-state index in [2.05, 4.69) is 30.0 Å². The lowest BCUT2D eigenvalue weighted by molar-refractivity contribution is 0.249. The molecule has 2 rings (SSSR count). The molecule has 0 spiro atoms. The average molecular weight is 287 g/mol. The second kappa shape index (κ2) is 6.14. The van der Waals surface area contributed by atoms with Crippen LogP contribution in [0.2, 0.25) is 5.02 Å². The molecule has 4 heteroatoms. The molecule has 0 radical (unpaired) electrons. The fraction of sp³-hybridized carbons (Fsp3) is 0.571. The minimum absolute atomic E-state index is 0.474. The standard InChI is InChI=1S/C14H20Cl2N2/c1-17(2)12-5-7-18(8-6-12)13-4-3-11(10-15)14(16)9-13/h3-4,9,12H,5-8,10H2,1-2H3. The Morgan fingerprint density at radius 3 is 2.44 bits per heavy atom. The van der Waals surface area contributed by atoms with E-state index in [-0.39, 0.29) is 0 Å². The molecule has 1 heterocycles. The molecule has 0 saturated carbocycles. The summed E-state index contributed by atoms with van der Waals surface area (Å²) in [6.45, 7) is 2.19. The van der Waals surface area contributed by atoms with Gasteiger partial charge in [0.25, 0.3) is 0 Å². The number of nitrogens with zero attached hydrogens (tertiary/aromatic N) is 2. The van der Waals surface area contributed by atoms with Crippen LogP contribution in [-0.4, -0.2) is 38.1 Å². The first kappa shape index (κ1) is 14.0. The normalized spacial score (nSPS) is 17.5. The van der Waals surface area contributed by atoms with Crippen molar-refractivity contribution in [3.63, 3.8) is 0 Å². The first-order valence-electron chi connectivity index (χ1n) is 6.37. The summed E-state index contributed by atoms with van der Waals surface area (Å²) in [4.78, 5) is 4.73. The summed E-state index contributed by atoms with van der Waals surface area (Å²) in [6.07, 6.45) is 2.42. The van der Waals surface area contributed by atoms with Crippen molar-refractivity contribution in [2.24, 2.45) is 0 Å². The molecule has 1 aliphatic rings. The third-order valence-corrected chi connectivity index (χ3v) is 4.38. The van der Waals surface area contributed by atoms with Crippen LogP contribution in [0.25, 0.3) is 0 Å². The smallest absolute Gasteiger partial charge is 0.0488 e. The minimum Gasteiger partial charge on any atom is -0.371 e. The van der Waals surface area contributed by atoms with Crippen molar-refractivity contribution in [1.29, 1.82) is 0 Å². The van der Waals surface area contributed by atoms with Crippen LogP contribution in [0, 0.1) is 0 Å². The van der Waals surface area contributed by atoms with Gasteiger partial charge in [-0.3, -0.25) is 0 Å². The van der Waals surface area contributed by atoms with Crippen molar-refractivity contribution in [2.45, 2.75) is 24.8 Å². The Balaban J connectivity index is 2.03. The van der Waals surface area contributed by atoms with E-state index in [1.807, 2.05) is 12.1 Å². The average Bonchev–Trinajstić information content (AvgIpc) is 2.38. The zero-order valence-corrected chi connectivity index (χ0v) is 12.5. The summed E-state index contributed by atoms with van der Waals surface area (Å²) in [5.74, 6) is 0.474. The highest BCUT2D eigenvalue weighted by molar-refractivity contribution is 6.32. The Hall–Kier alpha value is -0.440. The van der Waals surface area contributed by atoms with E-state index in [0.717, 1.165) is 23.7 Å². The molecule has 1 saturated heterocycles. The van der Waals surface area contributed by atoms with Crippen molar-refractivity contribution in [1.82, 2.24) is 4.90 Å². The van der Waals surface area contributed by atoms with Gasteiger partial charge in [0.05, 0.1) is 0 Å². The van der Waals surface area contributed by atoms with Gasteiger partial charge < -0.3 is 9.80 Å². The highest BCUT2D eigenvalue weighted by Crippen LogP contribution is 2.27. The Morgan fingerprint density at radius 2 is 1.94 bits per heavy atom. The van der Waals surface area contributed by atoms with Gasteiger partial charge in [0.15, 0.2) is 0 Å². The molecule has 0 aliphatic carbocycles. The van der Waals surface area contributed by atoms with Gasteiger partial charge in [0, 0.05) is 35.7 Å². The van der Waals surface area contributed by atoms with Crippen molar-refractivity contribution in [3.05, 3.63) is 28.8 Å². The van der Waals surface area contributed by atoms with Crippen molar-refractivity contribution in [2.75, 3.05) is 32.1 Å². The lowest BCUT2D eigenvalue weighted by Crippen LogP contribution is -2.41. The van der Waals surface area contributed by atoms with Crippen LogP contribution in [0.1, 0.15) is 18.4 Å². The maximum Gasteiger partial charge on any atom is 0.0488 e. The molecule has 0 unspecified atom stereocenters. The fourth-order valence-corrected chi connectivity index (χ4v) is 3.02. The summed E-state index contributed by atoms with van der Waals surface area (Å²) in [7, 11) is 4.32. The number of halogens is 2. The van der Waals surface area contributed by atoms with E-state index in [0.29, 0.717) is 11.9 Å². The topological polar surface area (TPSA) is 6.48 Å². The Morgan fingerprint density at radius 1 is 1.28 bits per heavy atom. The Kier molecular flexibility index (Phi) is 4.77. The third kappa shape index (κ3) is 3.11. The molecule has 1 aromatic carbocycles. The van der Waals surface area contributed by atoms with Gasteiger partial charge in [-0.05, 0) is 44.6 Å². The van der Waals surface area contributed by atoms with Gasteiger partial charge in [0.2, 0.25) is 0 Å². The maximum absolute atomic E-state index is 6.21. The second-order valence-corrected chi connectivity index (χ2v) is 5.77. The van der Waals surface area contributed by atoms with Gasteiger partial charge in [-0.1, -0.05) is 17.7 Å². The van der Waals surface area contributed by atoms with Gasteiger partial charge in [-0.2, -0.15) is 0 Å². The predicted octanol–water partition coefficient (Wildman–Crippen LogP) is 3.61. The van der Waals surface area contributed by atoms with Crippen LogP contribution in [0.4, 0.5) is 5.69 Å². The molecular formula is C14H20Cl2N2. The highest BCUT2D eigenvalue weighted by atomic mass is 35.5. The van der Waals surface area contributed by atoms with Crippen LogP contribution in [0.3, 0.4) is 0 Å². The fourth-order valence-electron chi connectivity index (χ4n) is 2.48. The maximum atomic E-state index is 6.21. The van der Waals surface area contributed by atoms with Crippen LogP contribution in [0.5, 0.6) is 0 Å². The van der Waals surface area contributed by atoms with E-state index >= 15 is 0 Å². The van der Waals surface area contributed by atoms with Crippen LogP contribution in [-0.2, 0) is 5.88 Å². The Labute approximate surface area is 119 Å². The first-order chi connectivity index (χ1) is 8.61. The summed E-state index contributed by atoms with van der Waals surface area (Å²) in [5, 5.41) is 0.775. The second-order valence-electron chi connectivity index (χ2n) is 5.09. The molecular weight excluding hydrogens is 267 g/mol. The molecule has 0 atom stereocenters. The third-order valence-electron chi connectivity index (χ3n) is 3.74. The monoisotopic (exact) mass is 286 g/mol. The van der Waals surface area contributed by atoms with Gasteiger partial charge in [0.1, 0.15) is 0 Å². The molecule has 0 bridgehead atoms. The summed E-state index contributed by atoms with van der Waals surface area (Å²) >= 11 is 12.0. The van der Waals surface area contributed by atoms with Crippen molar-refractivity contribution >= 4 is 28.9 Å². The quantitative estimate of drug-likeness (QED) is 0.784. The minimum atomic E-state index is 0.474. The van der Waals surface area contributed by atoms with E-state index in [9.17, 15) is 0 Å². The summed E-state index contributed by atoms with van der Waals surface area (Å²) < 4.78 is 0. The number of alkyl halides is 1. The van der Waals surface area contributed by atoms with Crippen molar-refractivity contribution in [3.8, 4) is 0 Å². The molecule has 0 N–H and O–H groups in total. The van der Waals surface area contributed by atoms with Crippen LogP contribution < -0.4 is 4.90 Å². The van der Waals surface area contributed by atoms with Gasteiger partial charge in [-0.25, -0.2) is 0 Å². The lowest BCUT2D eigenvalue weighted by Gasteiger charge is -2.36. The first-order valence-corrected chi connectivity index (χ1v) is 7.29. The molecule has 100 valence electrons. The van der Waals surface area contributed by atoms with E-state index < -0.39 is 0 Å². The zero-order valence-electron chi connectivity index (χ0n) is 11.0. The number of benzene rings is 1. The van der Waals surface area contributed by atoms with E-state index in [4.69, 9.17) is 23.2 Å². The molecule has 1 aliphatic heterocycles. The van der Waals surface area contributed by atoms with Crippen LogP contribution >= 0.6 is 23.2 Å². The molecule has 0 amide bonds.